The van der Waals surface area contributed by atoms with Crippen LogP contribution in [0.25, 0.3) is 33.3 Å². The van der Waals surface area contributed by atoms with Gasteiger partial charge in [0.1, 0.15) is 11.0 Å². The van der Waals surface area contributed by atoms with Crippen molar-refractivity contribution in [2.45, 2.75) is 6.54 Å². The minimum Gasteiger partial charge on any atom is -0.478 e. The molecule has 1 aliphatic rings. The summed E-state index contributed by atoms with van der Waals surface area (Å²) in [5.41, 5.74) is 6.63. The van der Waals surface area contributed by atoms with Crippen molar-refractivity contribution in [2.24, 2.45) is 7.05 Å². The summed E-state index contributed by atoms with van der Waals surface area (Å²) in [5, 5.41) is 18.2. The number of benzene rings is 3. The first-order valence-electron chi connectivity index (χ1n) is 11.2. The molecule has 0 unspecified atom stereocenters. The van der Waals surface area contributed by atoms with Gasteiger partial charge >= 0.3 is 5.97 Å². The molecular weight excluding hydrogens is 414 g/mol. The smallest absolute Gasteiger partial charge is 0.338 e. The minimum atomic E-state index is -1.00. The van der Waals surface area contributed by atoms with Gasteiger partial charge in [-0.05, 0) is 47.0 Å². The van der Waals surface area contributed by atoms with E-state index >= 15 is 0 Å². The number of carbonyl (C=O) groups is 1. The van der Waals surface area contributed by atoms with Crippen LogP contribution in [0.5, 0.6) is 0 Å². The summed E-state index contributed by atoms with van der Waals surface area (Å²) in [7, 11) is 3.87. The third-order valence-electron chi connectivity index (χ3n) is 6.35. The molecule has 1 aromatic heterocycles. The van der Waals surface area contributed by atoms with Crippen LogP contribution in [-0.4, -0.2) is 69.1 Å². The Hall–Kier alpha value is -3.55. The number of carboxylic acids is 1. The van der Waals surface area contributed by atoms with Gasteiger partial charge in [0.15, 0.2) is 0 Å². The molecule has 168 valence electrons. The number of aromatic carboxylic acids is 1. The Labute approximate surface area is 192 Å². The van der Waals surface area contributed by atoms with E-state index < -0.39 is 5.97 Å². The second-order valence-electron chi connectivity index (χ2n) is 8.70. The number of hydrogen-bond donors (Lipinski definition) is 1. The molecule has 1 saturated heterocycles. The van der Waals surface area contributed by atoms with Gasteiger partial charge in [0.05, 0.1) is 5.56 Å². The second-order valence-corrected chi connectivity index (χ2v) is 8.70. The van der Waals surface area contributed by atoms with Gasteiger partial charge in [-0.1, -0.05) is 48.5 Å². The maximum atomic E-state index is 11.8. The van der Waals surface area contributed by atoms with Crippen LogP contribution in [-0.2, 0) is 13.6 Å². The third-order valence-corrected chi connectivity index (χ3v) is 6.35. The number of aryl methyl sites for hydroxylation is 1. The number of likely N-dealkylation sites (N-methyl/N-ethyl adjacent to an activating group) is 1. The highest BCUT2D eigenvalue weighted by Crippen LogP contribution is 2.30. The summed E-state index contributed by atoms with van der Waals surface area (Å²) in [5.74, 6) is -1.00. The minimum absolute atomic E-state index is 0.164. The van der Waals surface area contributed by atoms with Gasteiger partial charge in [-0.2, -0.15) is 15.0 Å². The fourth-order valence-corrected chi connectivity index (χ4v) is 4.48. The fourth-order valence-electron chi connectivity index (χ4n) is 4.48. The van der Waals surface area contributed by atoms with Crippen molar-refractivity contribution in [2.75, 3.05) is 33.2 Å². The highest BCUT2D eigenvalue weighted by Gasteiger charge is 2.17. The molecule has 0 aliphatic carbocycles. The lowest BCUT2D eigenvalue weighted by Gasteiger charge is -2.32. The average molecular weight is 442 g/mol. The van der Waals surface area contributed by atoms with E-state index in [1.54, 1.807) is 13.1 Å². The number of nitrogens with zero attached hydrogens (tertiary/aromatic N) is 5. The summed E-state index contributed by atoms with van der Waals surface area (Å²) in [6, 6.07) is 20.5. The van der Waals surface area contributed by atoms with E-state index in [0.29, 0.717) is 11.0 Å². The van der Waals surface area contributed by atoms with Crippen LogP contribution in [0.3, 0.4) is 0 Å². The van der Waals surface area contributed by atoms with Crippen LogP contribution in [0, 0.1) is 0 Å². The lowest BCUT2D eigenvalue weighted by atomic mass is 9.95. The SMILES string of the molecule is CN1CCN(Cc2ccccc2-c2ccc(-c3cc(C(=O)O)c4nn(C)nc4c3)cc2)CC1. The van der Waals surface area contributed by atoms with Crippen LogP contribution < -0.4 is 0 Å². The molecule has 1 aliphatic heterocycles. The molecule has 3 aromatic carbocycles. The van der Waals surface area contributed by atoms with Gasteiger partial charge in [0, 0.05) is 39.8 Å². The molecule has 0 radical (unpaired) electrons. The molecule has 7 nitrogen and oxygen atoms in total. The van der Waals surface area contributed by atoms with Crippen LogP contribution in [0.15, 0.2) is 60.7 Å². The molecule has 4 aromatic rings. The van der Waals surface area contributed by atoms with E-state index in [4.69, 9.17) is 0 Å². The average Bonchev–Trinajstić information content (AvgIpc) is 3.20. The number of carboxylic acid groups (broad SMARTS) is 1. The van der Waals surface area contributed by atoms with Crippen molar-refractivity contribution in [3.63, 3.8) is 0 Å². The van der Waals surface area contributed by atoms with Crippen molar-refractivity contribution in [1.29, 1.82) is 0 Å². The second kappa shape index (κ2) is 8.77. The molecule has 5 rings (SSSR count). The Morgan fingerprint density at radius 2 is 1.58 bits per heavy atom. The Kier molecular flexibility index (Phi) is 5.66. The zero-order chi connectivity index (χ0) is 22.9. The quantitative estimate of drug-likeness (QED) is 0.509. The summed E-state index contributed by atoms with van der Waals surface area (Å²) < 4.78 is 0. The Bertz CT molecular complexity index is 1300. The van der Waals surface area contributed by atoms with Crippen molar-refractivity contribution in [1.82, 2.24) is 24.8 Å². The number of aromatic nitrogens is 3. The zero-order valence-corrected chi connectivity index (χ0v) is 18.9. The maximum absolute atomic E-state index is 11.8. The maximum Gasteiger partial charge on any atom is 0.338 e. The molecule has 1 N–H and O–H groups in total. The Morgan fingerprint density at radius 1 is 0.879 bits per heavy atom. The van der Waals surface area contributed by atoms with Gasteiger partial charge in [0.2, 0.25) is 0 Å². The molecule has 2 heterocycles. The molecule has 0 amide bonds. The summed E-state index contributed by atoms with van der Waals surface area (Å²) in [4.78, 5) is 18.1. The van der Waals surface area contributed by atoms with Gasteiger partial charge in [-0.15, -0.1) is 0 Å². The number of piperazine rings is 1. The first-order valence-corrected chi connectivity index (χ1v) is 11.2. The molecule has 33 heavy (non-hydrogen) atoms. The van der Waals surface area contributed by atoms with Crippen LogP contribution >= 0.6 is 0 Å². The van der Waals surface area contributed by atoms with Crippen LogP contribution in [0.2, 0.25) is 0 Å². The standard InChI is InChI=1S/C26H27N5O2/c1-29-11-13-31(14-12-29)17-20-5-3-4-6-22(20)19-9-7-18(8-10-19)21-15-23(26(32)33)25-24(16-21)27-30(2)28-25/h3-10,15-16H,11-14,17H2,1-2H3,(H,32,33). The monoisotopic (exact) mass is 441 g/mol. The lowest BCUT2D eigenvalue weighted by Crippen LogP contribution is -2.43. The molecule has 7 heteroatoms. The van der Waals surface area contributed by atoms with E-state index in [1.165, 1.54) is 15.9 Å². The van der Waals surface area contributed by atoms with Gasteiger partial charge in [0.25, 0.3) is 0 Å². The fraction of sp³-hybridized carbons (Fsp3) is 0.269. The van der Waals surface area contributed by atoms with Gasteiger partial charge in [-0.3, -0.25) is 4.90 Å². The normalized spacial score (nSPS) is 15.2. The van der Waals surface area contributed by atoms with E-state index in [9.17, 15) is 9.90 Å². The van der Waals surface area contributed by atoms with Crippen molar-refractivity contribution < 1.29 is 9.90 Å². The third kappa shape index (κ3) is 4.37. The molecule has 1 fully saturated rings. The predicted octanol–water partition coefficient (Wildman–Crippen LogP) is 3.75. The first kappa shape index (κ1) is 21.3. The lowest BCUT2D eigenvalue weighted by molar-refractivity contribution is 0.0699. The molecule has 0 bridgehead atoms. The van der Waals surface area contributed by atoms with E-state index in [2.05, 4.69) is 63.4 Å². The number of hydrogen-bond acceptors (Lipinski definition) is 5. The van der Waals surface area contributed by atoms with E-state index in [-0.39, 0.29) is 5.56 Å². The van der Waals surface area contributed by atoms with Crippen LogP contribution in [0.1, 0.15) is 15.9 Å². The van der Waals surface area contributed by atoms with Crippen molar-refractivity contribution in [3.8, 4) is 22.3 Å². The highest BCUT2D eigenvalue weighted by molar-refractivity contribution is 6.02. The first-order chi connectivity index (χ1) is 16.0. The van der Waals surface area contributed by atoms with Gasteiger partial charge in [-0.25, -0.2) is 4.79 Å². The van der Waals surface area contributed by atoms with Crippen molar-refractivity contribution >= 4 is 17.0 Å². The number of rotatable bonds is 5. The topological polar surface area (TPSA) is 74.5 Å². The van der Waals surface area contributed by atoms with Crippen molar-refractivity contribution in [3.05, 3.63) is 71.8 Å². The molecule has 0 saturated carbocycles. The zero-order valence-electron chi connectivity index (χ0n) is 18.9. The Morgan fingerprint density at radius 3 is 2.30 bits per heavy atom. The predicted molar refractivity (Wildman–Crippen MR) is 129 cm³/mol. The summed E-state index contributed by atoms with van der Waals surface area (Å²) in [6.07, 6.45) is 0. The molecule has 0 atom stereocenters. The van der Waals surface area contributed by atoms with E-state index in [0.717, 1.165) is 49.4 Å². The summed E-state index contributed by atoms with van der Waals surface area (Å²) in [6.45, 7) is 5.31. The van der Waals surface area contributed by atoms with Crippen LogP contribution in [0.4, 0.5) is 0 Å². The Balaban J connectivity index is 1.45. The molecule has 0 spiro atoms. The largest absolute Gasteiger partial charge is 0.478 e. The van der Waals surface area contributed by atoms with Gasteiger partial charge < -0.3 is 10.0 Å². The highest BCUT2D eigenvalue weighted by atomic mass is 16.4. The summed E-state index contributed by atoms with van der Waals surface area (Å²) >= 11 is 0. The number of fused-ring (bicyclic) bond motifs is 1. The van der Waals surface area contributed by atoms with E-state index in [1.807, 2.05) is 18.2 Å². The molecular formula is C26H27N5O2.